The molecular formula is C6H6Cl2N2S2. The fourth-order valence-corrected chi connectivity index (χ4v) is 1.67. The molecule has 0 heterocycles. The second kappa shape index (κ2) is 4.37. The zero-order chi connectivity index (χ0) is 9.14. The number of benzene rings is 1. The van der Waals surface area contributed by atoms with E-state index in [-0.39, 0.29) is 0 Å². The Bertz CT molecular complexity index is 263. The van der Waals surface area contributed by atoms with Crippen molar-refractivity contribution >= 4 is 60.2 Å². The summed E-state index contributed by atoms with van der Waals surface area (Å²) < 4.78 is 0. The van der Waals surface area contributed by atoms with Crippen molar-refractivity contribution in [2.75, 3.05) is 9.67 Å². The Labute approximate surface area is 91.7 Å². The van der Waals surface area contributed by atoms with E-state index < -0.39 is 0 Å². The minimum absolute atomic E-state index is 0.695. The molecule has 0 atom stereocenters. The molecule has 0 amide bonds. The number of anilines is 2. The van der Waals surface area contributed by atoms with Gasteiger partial charge in [-0.15, -0.1) is 25.3 Å². The Hall–Kier alpha value is 0.1000. The van der Waals surface area contributed by atoms with Crippen LogP contribution in [-0.4, -0.2) is 0 Å². The molecule has 2 nitrogen and oxygen atoms in total. The molecular weight excluding hydrogens is 235 g/mol. The summed E-state index contributed by atoms with van der Waals surface area (Å²) in [5, 5.41) is 0. The molecule has 0 radical (unpaired) electrons. The highest BCUT2D eigenvalue weighted by molar-refractivity contribution is 7.81. The smallest absolute Gasteiger partial charge is 0.0637 e. The SMILES string of the molecule is Sc1cc(NCl)c(S)cc1NCl. The van der Waals surface area contributed by atoms with Crippen LogP contribution in [0.4, 0.5) is 11.4 Å². The molecule has 0 aliphatic carbocycles. The molecule has 0 aliphatic rings. The average Bonchev–Trinajstić information content (AvgIpc) is 2.08. The van der Waals surface area contributed by atoms with Gasteiger partial charge in [0.05, 0.1) is 11.4 Å². The maximum Gasteiger partial charge on any atom is 0.0637 e. The van der Waals surface area contributed by atoms with Gasteiger partial charge in [-0.3, -0.25) is 9.67 Å². The first-order chi connectivity index (χ1) is 5.69. The van der Waals surface area contributed by atoms with Gasteiger partial charge in [0.1, 0.15) is 0 Å². The number of hydrogen-bond acceptors (Lipinski definition) is 4. The van der Waals surface area contributed by atoms with Crippen LogP contribution in [-0.2, 0) is 0 Å². The molecule has 0 bridgehead atoms. The van der Waals surface area contributed by atoms with Gasteiger partial charge < -0.3 is 0 Å². The Morgan fingerprint density at radius 2 is 1.25 bits per heavy atom. The zero-order valence-corrected chi connectivity index (χ0v) is 9.11. The van der Waals surface area contributed by atoms with Crippen LogP contribution in [0.25, 0.3) is 0 Å². The van der Waals surface area contributed by atoms with Crippen LogP contribution in [0.15, 0.2) is 21.9 Å². The van der Waals surface area contributed by atoms with Crippen LogP contribution in [0.1, 0.15) is 0 Å². The summed E-state index contributed by atoms with van der Waals surface area (Å²) in [6, 6.07) is 3.45. The first kappa shape index (κ1) is 10.2. The summed E-state index contributed by atoms with van der Waals surface area (Å²) in [5.74, 6) is 0. The minimum atomic E-state index is 0.695. The van der Waals surface area contributed by atoms with Crippen molar-refractivity contribution in [3.63, 3.8) is 0 Å². The van der Waals surface area contributed by atoms with Gasteiger partial charge in [-0.05, 0) is 12.1 Å². The molecule has 6 heteroatoms. The number of hydrogen-bond donors (Lipinski definition) is 4. The highest BCUT2D eigenvalue weighted by atomic mass is 35.5. The van der Waals surface area contributed by atoms with Gasteiger partial charge in [0.15, 0.2) is 0 Å². The summed E-state index contributed by atoms with van der Waals surface area (Å²) >= 11 is 19.2. The van der Waals surface area contributed by atoms with Crippen LogP contribution in [0, 0.1) is 0 Å². The lowest BCUT2D eigenvalue weighted by Gasteiger charge is -2.07. The van der Waals surface area contributed by atoms with Crippen molar-refractivity contribution in [2.45, 2.75) is 9.79 Å². The summed E-state index contributed by atoms with van der Waals surface area (Å²) in [6.45, 7) is 0. The number of halogens is 2. The highest BCUT2D eigenvalue weighted by Crippen LogP contribution is 2.30. The van der Waals surface area contributed by atoms with E-state index in [1.54, 1.807) is 12.1 Å². The van der Waals surface area contributed by atoms with Crippen molar-refractivity contribution in [1.29, 1.82) is 0 Å². The predicted octanol–water partition coefficient (Wildman–Crippen LogP) is 3.40. The Kier molecular flexibility index (Phi) is 3.71. The van der Waals surface area contributed by atoms with Crippen LogP contribution >= 0.6 is 48.8 Å². The van der Waals surface area contributed by atoms with Crippen LogP contribution in [0.5, 0.6) is 0 Å². The average molecular weight is 241 g/mol. The Morgan fingerprint density at radius 1 is 0.917 bits per heavy atom. The molecule has 66 valence electrons. The topological polar surface area (TPSA) is 24.1 Å². The lowest BCUT2D eigenvalue weighted by molar-refractivity contribution is 1.37. The van der Waals surface area contributed by atoms with E-state index in [2.05, 4.69) is 34.9 Å². The molecule has 1 aromatic rings. The first-order valence-electron chi connectivity index (χ1n) is 2.98. The molecule has 1 aromatic carbocycles. The third-order valence-corrected chi connectivity index (χ3v) is 2.46. The summed E-state index contributed by atoms with van der Waals surface area (Å²) in [7, 11) is 0. The molecule has 0 saturated heterocycles. The maximum atomic E-state index is 5.41. The van der Waals surface area contributed by atoms with Gasteiger partial charge in [-0.25, -0.2) is 0 Å². The normalized spacial score (nSPS) is 9.67. The van der Waals surface area contributed by atoms with Gasteiger partial charge in [0.2, 0.25) is 0 Å². The highest BCUT2D eigenvalue weighted by Gasteiger charge is 2.03. The van der Waals surface area contributed by atoms with Crippen LogP contribution in [0.3, 0.4) is 0 Å². The molecule has 2 N–H and O–H groups in total. The van der Waals surface area contributed by atoms with Gasteiger partial charge in [-0.2, -0.15) is 0 Å². The van der Waals surface area contributed by atoms with Crippen molar-refractivity contribution in [3.8, 4) is 0 Å². The summed E-state index contributed by atoms with van der Waals surface area (Å²) in [6.07, 6.45) is 0. The fraction of sp³-hybridized carbons (Fsp3) is 0. The Balaban J connectivity index is 3.16. The van der Waals surface area contributed by atoms with Crippen molar-refractivity contribution in [1.82, 2.24) is 0 Å². The largest absolute Gasteiger partial charge is 0.297 e. The van der Waals surface area contributed by atoms with Crippen molar-refractivity contribution in [3.05, 3.63) is 12.1 Å². The molecule has 0 aliphatic heterocycles. The van der Waals surface area contributed by atoms with Crippen LogP contribution < -0.4 is 9.67 Å². The van der Waals surface area contributed by atoms with E-state index in [1.165, 1.54) is 0 Å². The monoisotopic (exact) mass is 240 g/mol. The lowest BCUT2D eigenvalue weighted by Crippen LogP contribution is -1.87. The van der Waals surface area contributed by atoms with Gasteiger partial charge >= 0.3 is 0 Å². The van der Waals surface area contributed by atoms with E-state index in [0.717, 1.165) is 0 Å². The predicted molar refractivity (Wildman–Crippen MR) is 59.9 cm³/mol. The molecule has 0 aromatic heterocycles. The summed E-state index contributed by atoms with van der Waals surface area (Å²) in [4.78, 5) is 6.33. The van der Waals surface area contributed by atoms with Crippen molar-refractivity contribution < 1.29 is 0 Å². The Morgan fingerprint density at radius 3 is 1.50 bits per heavy atom. The quantitative estimate of drug-likeness (QED) is 0.471. The van der Waals surface area contributed by atoms with Crippen molar-refractivity contribution in [2.24, 2.45) is 0 Å². The molecule has 0 unspecified atom stereocenters. The molecule has 1 rings (SSSR count). The zero-order valence-electron chi connectivity index (χ0n) is 5.81. The van der Waals surface area contributed by atoms with Crippen LogP contribution in [0.2, 0.25) is 0 Å². The van der Waals surface area contributed by atoms with E-state index in [1.807, 2.05) is 0 Å². The fourth-order valence-electron chi connectivity index (χ4n) is 0.728. The summed E-state index contributed by atoms with van der Waals surface area (Å²) in [5.41, 5.74) is 1.39. The van der Waals surface area contributed by atoms with Gasteiger partial charge in [0.25, 0.3) is 0 Å². The molecule has 0 saturated carbocycles. The van der Waals surface area contributed by atoms with E-state index in [4.69, 9.17) is 23.6 Å². The van der Waals surface area contributed by atoms with E-state index in [0.29, 0.717) is 21.2 Å². The minimum Gasteiger partial charge on any atom is -0.297 e. The second-order valence-electron chi connectivity index (χ2n) is 2.08. The molecule has 12 heavy (non-hydrogen) atoms. The number of thiol groups is 2. The molecule has 0 spiro atoms. The number of rotatable bonds is 2. The van der Waals surface area contributed by atoms with Gasteiger partial charge in [0, 0.05) is 33.3 Å². The molecule has 0 fully saturated rings. The standard InChI is InChI=1S/C6H6Cl2N2S2/c7-9-3-1-5(11)4(10-8)2-6(3)12/h1-2,9-12H. The second-order valence-corrected chi connectivity index (χ2v) is 3.42. The lowest BCUT2D eigenvalue weighted by atomic mass is 10.3. The third kappa shape index (κ3) is 2.07. The maximum absolute atomic E-state index is 5.41. The van der Waals surface area contributed by atoms with E-state index >= 15 is 0 Å². The van der Waals surface area contributed by atoms with Gasteiger partial charge in [-0.1, -0.05) is 0 Å². The third-order valence-electron chi connectivity index (χ3n) is 1.32. The first-order valence-corrected chi connectivity index (χ1v) is 4.63. The number of nitrogens with one attached hydrogen (secondary N) is 2. The van der Waals surface area contributed by atoms with E-state index in [9.17, 15) is 0 Å².